The van der Waals surface area contributed by atoms with Crippen molar-refractivity contribution in [1.29, 1.82) is 0 Å². The van der Waals surface area contributed by atoms with E-state index in [-0.39, 0.29) is 17.6 Å². The Balaban J connectivity index is 1.94. The maximum Gasteiger partial charge on any atom is 0.375 e. The maximum absolute atomic E-state index is 12.2. The van der Waals surface area contributed by atoms with Crippen molar-refractivity contribution in [2.75, 3.05) is 0 Å². The molecule has 0 bridgehead atoms. The lowest BCUT2D eigenvalue weighted by Gasteiger charge is -2.20. The van der Waals surface area contributed by atoms with Gasteiger partial charge in [0.2, 0.25) is 5.76 Å². The van der Waals surface area contributed by atoms with Gasteiger partial charge in [0, 0.05) is 4.88 Å². The van der Waals surface area contributed by atoms with E-state index < -0.39 is 12.1 Å². The number of rotatable bonds is 6. The monoisotopic (exact) mass is 307 g/mol. The zero-order chi connectivity index (χ0) is 15.2. The van der Waals surface area contributed by atoms with Crippen LogP contribution >= 0.6 is 11.3 Å². The number of esters is 1. The predicted octanol–water partition coefficient (Wildman–Crippen LogP) is 2.84. The van der Waals surface area contributed by atoms with E-state index >= 15 is 0 Å². The van der Waals surface area contributed by atoms with Gasteiger partial charge in [-0.2, -0.15) is 0 Å². The fraction of sp³-hybridized carbons (Fsp3) is 0.333. The van der Waals surface area contributed by atoms with Gasteiger partial charge in [-0.1, -0.05) is 19.9 Å². The van der Waals surface area contributed by atoms with Gasteiger partial charge in [-0.15, -0.1) is 11.3 Å². The lowest BCUT2D eigenvalue weighted by molar-refractivity contribution is -0.132. The average molecular weight is 307 g/mol. The first-order chi connectivity index (χ1) is 10.1. The molecular formula is C15H17NO4S. The van der Waals surface area contributed by atoms with Crippen LogP contribution in [0, 0.1) is 5.92 Å². The molecule has 0 aliphatic carbocycles. The van der Waals surface area contributed by atoms with Gasteiger partial charge < -0.3 is 14.5 Å². The van der Waals surface area contributed by atoms with E-state index in [9.17, 15) is 9.59 Å². The van der Waals surface area contributed by atoms with Crippen molar-refractivity contribution in [3.8, 4) is 0 Å². The van der Waals surface area contributed by atoms with Crippen LogP contribution in [0.2, 0.25) is 0 Å². The summed E-state index contributed by atoms with van der Waals surface area (Å²) in [6, 6.07) is 6.95. The highest BCUT2D eigenvalue weighted by molar-refractivity contribution is 7.09. The number of thiophene rings is 1. The van der Waals surface area contributed by atoms with Gasteiger partial charge in [0.05, 0.1) is 12.8 Å². The molecule has 0 saturated carbocycles. The number of carbonyl (C=O) groups is 2. The minimum absolute atomic E-state index is 0.0895. The van der Waals surface area contributed by atoms with Crippen molar-refractivity contribution in [3.63, 3.8) is 0 Å². The SMILES string of the molecule is CC(C)[C@H](OC(=O)c1ccco1)C(=O)NCc1cccs1. The second-order valence-electron chi connectivity index (χ2n) is 4.84. The van der Waals surface area contributed by atoms with E-state index in [0.717, 1.165) is 4.88 Å². The predicted molar refractivity (Wildman–Crippen MR) is 78.9 cm³/mol. The smallest absolute Gasteiger partial charge is 0.375 e. The van der Waals surface area contributed by atoms with Crippen LogP contribution < -0.4 is 5.32 Å². The molecular weight excluding hydrogens is 290 g/mol. The van der Waals surface area contributed by atoms with Crippen molar-refractivity contribution in [2.45, 2.75) is 26.5 Å². The van der Waals surface area contributed by atoms with Crippen molar-refractivity contribution >= 4 is 23.2 Å². The quantitative estimate of drug-likeness (QED) is 0.833. The molecule has 0 saturated heterocycles. The van der Waals surface area contributed by atoms with Crippen molar-refractivity contribution in [1.82, 2.24) is 5.32 Å². The lowest BCUT2D eigenvalue weighted by Crippen LogP contribution is -2.40. The molecule has 5 nitrogen and oxygen atoms in total. The fourth-order valence-electron chi connectivity index (χ4n) is 1.75. The molecule has 2 aromatic heterocycles. The third-order valence-corrected chi connectivity index (χ3v) is 3.71. The molecule has 112 valence electrons. The summed E-state index contributed by atoms with van der Waals surface area (Å²) in [5.74, 6) is -0.984. The molecule has 21 heavy (non-hydrogen) atoms. The summed E-state index contributed by atoms with van der Waals surface area (Å²) in [5.41, 5.74) is 0. The summed E-state index contributed by atoms with van der Waals surface area (Å²) < 4.78 is 10.2. The second kappa shape index (κ2) is 7.08. The zero-order valence-electron chi connectivity index (χ0n) is 11.9. The van der Waals surface area contributed by atoms with E-state index in [1.165, 1.54) is 12.3 Å². The fourth-order valence-corrected chi connectivity index (χ4v) is 2.39. The van der Waals surface area contributed by atoms with Gasteiger partial charge in [0.1, 0.15) is 0 Å². The van der Waals surface area contributed by atoms with Gasteiger partial charge in [0.15, 0.2) is 6.10 Å². The highest BCUT2D eigenvalue weighted by Gasteiger charge is 2.27. The molecule has 1 N–H and O–H groups in total. The van der Waals surface area contributed by atoms with E-state index in [1.807, 2.05) is 31.4 Å². The van der Waals surface area contributed by atoms with Crippen molar-refractivity contribution < 1.29 is 18.7 Å². The number of amides is 1. The maximum atomic E-state index is 12.2. The number of furan rings is 1. The topological polar surface area (TPSA) is 68.5 Å². The van der Waals surface area contributed by atoms with Crippen molar-refractivity contribution in [2.24, 2.45) is 5.92 Å². The minimum atomic E-state index is -0.845. The van der Waals surface area contributed by atoms with Crippen molar-refractivity contribution in [3.05, 3.63) is 46.5 Å². The summed E-state index contributed by atoms with van der Waals surface area (Å²) in [6.07, 6.45) is 0.542. The second-order valence-corrected chi connectivity index (χ2v) is 5.88. The highest BCUT2D eigenvalue weighted by atomic mass is 32.1. The largest absolute Gasteiger partial charge is 0.457 e. The number of ether oxygens (including phenoxy) is 1. The van der Waals surface area contributed by atoms with E-state index in [4.69, 9.17) is 9.15 Å². The number of hydrogen-bond acceptors (Lipinski definition) is 5. The van der Waals surface area contributed by atoms with Crippen LogP contribution in [0.1, 0.15) is 29.3 Å². The molecule has 0 spiro atoms. The summed E-state index contributed by atoms with van der Waals surface area (Å²) in [5, 5.41) is 4.72. The molecule has 2 aromatic rings. The normalized spacial score (nSPS) is 12.1. The summed E-state index contributed by atoms with van der Waals surface area (Å²) >= 11 is 1.56. The standard InChI is InChI=1S/C15H17NO4S/c1-10(2)13(20-15(18)12-6-3-7-19-12)14(17)16-9-11-5-4-8-21-11/h3-8,10,13H,9H2,1-2H3,(H,16,17)/t13-/m0/s1. The molecule has 0 aliphatic rings. The molecule has 2 rings (SSSR count). The molecule has 1 amide bonds. The van der Waals surface area contributed by atoms with E-state index in [2.05, 4.69) is 5.32 Å². The third-order valence-electron chi connectivity index (χ3n) is 2.84. The van der Waals surface area contributed by atoms with Gasteiger partial charge in [-0.25, -0.2) is 4.79 Å². The lowest BCUT2D eigenvalue weighted by atomic mass is 10.1. The Bertz CT molecular complexity index is 575. The van der Waals surface area contributed by atoms with Gasteiger partial charge >= 0.3 is 5.97 Å². The Morgan fingerprint density at radius 2 is 2.14 bits per heavy atom. The molecule has 1 atom stereocenters. The van der Waals surface area contributed by atoms with Crippen LogP contribution in [0.4, 0.5) is 0 Å². The van der Waals surface area contributed by atoms with Crippen LogP contribution in [0.25, 0.3) is 0 Å². The molecule has 0 aliphatic heterocycles. The molecule has 2 heterocycles. The first-order valence-electron chi connectivity index (χ1n) is 6.62. The Morgan fingerprint density at radius 1 is 1.33 bits per heavy atom. The summed E-state index contributed by atoms with van der Waals surface area (Å²) in [7, 11) is 0. The van der Waals surface area contributed by atoms with Crippen LogP contribution in [0.3, 0.4) is 0 Å². The van der Waals surface area contributed by atoms with Crippen LogP contribution in [0.5, 0.6) is 0 Å². The summed E-state index contributed by atoms with van der Waals surface area (Å²) in [6.45, 7) is 4.08. The van der Waals surface area contributed by atoms with Crippen LogP contribution in [0.15, 0.2) is 40.3 Å². The molecule has 0 unspecified atom stereocenters. The zero-order valence-corrected chi connectivity index (χ0v) is 12.7. The Labute approximate surface area is 126 Å². The van der Waals surface area contributed by atoms with Crippen LogP contribution in [-0.4, -0.2) is 18.0 Å². The first-order valence-corrected chi connectivity index (χ1v) is 7.50. The third kappa shape index (κ3) is 4.19. The van der Waals surface area contributed by atoms with Crippen LogP contribution in [-0.2, 0) is 16.1 Å². The molecule has 0 radical (unpaired) electrons. The Morgan fingerprint density at radius 3 is 2.71 bits per heavy atom. The average Bonchev–Trinajstić information content (AvgIpc) is 3.13. The van der Waals surface area contributed by atoms with Gasteiger partial charge in [-0.3, -0.25) is 4.79 Å². The highest BCUT2D eigenvalue weighted by Crippen LogP contribution is 2.13. The molecule has 6 heteroatoms. The number of carbonyl (C=O) groups excluding carboxylic acids is 2. The minimum Gasteiger partial charge on any atom is -0.457 e. The summed E-state index contributed by atoms with van der Waals surface area (Å²) in [4.78, 5) is 25.1. The van der Waals surface area contributed by atoms with Gasteiger partial charge in [-0.05, 0) is 29.5 Å². The van der Waals surface area contributed by atoms with E-state index in [0.29, 0.717) is 6.54 Å². The van der Waals surface area contributed by atoms with Gasteiger partial charge in [0.25, 0.3) is 5.91 Å². The molecule has 0 aromatic carbocycles. The Hall–Kier alpha value is -2.08. The number of nitrogens with one attached hydrogen (secondary N) is 1. The Kier molecular flexibility index (Phi) is 5.16. The number of hydrogen-bond donors (Lipinski definition) is 1. The first kappa shape index (κ1) is 15.3. The molecule has 0 fully saturated rings. The van der Waals surface area contributed by atoms with E-state index in [1.54, 1.807) is 17.4 Å².